The Bertz CT molecular complexity index is 398. The quantitative estimate of drug-likeness (QED) is 0.729. The molecular weight excluding hydrogens is 254 g/mol. The predicted octanol–water partition coefficient (Wildman–Crippen LogP) is 2.71. The van der Waals surface area contributed by atoms with Gasteiger partial charge in [-0.1, -0.05) is 19.8 Å². The van der Waals surface area contributed by atoms with E-state index in [4.69, 9.17) is 10.2 Å². The van der Waals surface area contributed by atoms with Crippen molar-refractivity contribution in [2.75, 3.05) is 6.54 Å². The summed E-state index contributed by atoms with van der Waals surface area (Å²) >= 11 is 0. The van der Waals surface area contributed by atoms with Crippen LogP contribution in [0.3, 0.4) is 0 Å². The Labute approximate surface area is 121 Å². The third-order valence-electron chi connectivity index (χ3n) is 3.44. The Morgan fingerprint density at radius 2 is 2.20 bits per heavy atom. The lowest BCUT2D eigenvalue weighted by Gasteiger charge is -2.15. The minimum absolute atomic E-state index is 0.0477. The molecule has 0 aliphatic heterocycles. The van der Waals surface area contributed by atoms with Gasteiger partial charge >= 0.3 is 0 Å². The SMILES string of the molecule is CCCC(CCN)CCC(=O)NC(C)c1ncc(C)o1. The second-order valence-electron chi connectivity index (χ2n) is 5.37. The molecule has 0 spiro atoms. The van der Waals surface area contributed by atoms with Crippen LogP contribution in [0.4, 0.5) is 0 Å². The van der Waals surface area contributed by atoms with Crippen molar-refractivity contribution in [3.8, 4) is 0 Å². The predicted molar refractivity (Wildman–Crippen MR) is 79.1 cm³/mol. The standard InChI is InChI=1S/C15H27N3O2/c1-4-5-13(8-9-16)6-7-14(19)18-12(3)15-17-10-11(2)20-15/h10,12-13H,4-9,16H2,1-3H3,(H,18,19). The fourth-order valence-corrected chi connectivity index (χ4v) is 2.36. The molecule has 0 fully saturated rings. The van der Waals surface area contributed by atoms with Gasteiger partial charge in [0.15, 0.2) is 0 Å². The zero-order chi connectivity index (χ0) is 15.0. The highest BCUT2D eigenvalue weighted by molar-refractivity contribution is 5.76. The number of oxazole rings is 1. The summed E-state index contributed by atoms with van der Waals surface area (Å²) in [4.78, 5) is 16.1. The molecule has 1 aromatic rings. The van der Waals surface area contributed by atoms with Crippen LogP contribution < -0.4 is 11.1 Å². The lowest BCUT2D eigenvalue weighted by Crippen LogP contribution is -2.27. The van der Waals surface area contributed by atoms with Gasteiger partial charge in [-0.2, -0.15) is 0 Å². The van der Waals surface area contributed by atoms with E-state index in [2.05, 4.69) is 17.2 Å². The molecule has 0 aliphatic rings. The van der Waals surface area contributed by atoms with Crippen LogP contribution in [-0.4, -0.2) is 17.4 Å². The molecule has 1 aromatic heterocycles. The number of carbonyl (C=O) groups is 1. The molecular formula is C15H27N3O2. The van der Waals surface area contributed by atoms with Crippen molar-refractivity contribution in [1.82, 2.24) is 10.3 Å². The molecule has 2 atom stereocenters. The van der Waals surface area contributed by atoms with Crippen molar-refractivity contribution in [3.05, 3.63) is 17.8 Å². The summed E-state index contributed by atoms with van der Waals surface area (Å²) in [5.74, 6) is 1.91. The van der Waals surface area contributed by atoms with Crippen molar-refractivity contribution < 1.29 is 9.21 Å². The Hall–Kier alpha value is -1.36. The van der Waals surface area contributed by atoms with Gasteiger partial charge in [-0.05, 0) is 39.2 Å². The lowest BCUT2D eigenvalue weighted by molar-refractivity contribution is -0.122. The maximum atomic E-state index is 11.9. The number of aryl methyl sites for hydroxylation is 1. The molecule has 0 aliphatic carbocycles. The van der Waals surface area contributed by atoms with Crippen molar-refractivity contribution in [3.63, 3.8) is 0 Å². The van der Waals surface area contributed by atoms with Crippen LogP contribution in [0.5, 0.6) is 0 Å². The summed E-state index contributed by atoms with van der Waals surface area (Å²) in [6.07, 6.45) is 6.37. The van der Waals surface area contributed by atoms with Gasteiger partial charge in [-0.25, -0.2) is 4.98 Å². The first-order chi connectivity index (χ1) is 9.56. The number of carbonyl (C=O) groups excluding carboxylic acids is 1. The maximum Gasteiger partial charge on any atom is 0.220 e. The summed E-state index contributed by atoms with van der Waals surface area (Å²) in [5, 5.41) is 2.92. The molecule has 2 unspecified atom stereocenters. The van der Waals surface area contributed by atoms with Gasteiger partial charge in [0.1, 0.15) is 11.8 Å². The van der Waals surface area contributed by atoms with E-state index in [9.17, 15) is 4.79 Å². The van der Waals surface area contributed by atoms with Crippen LogP contribution in [0.1, 0.15) is 63.6 Å². The third kappa shape index (κ3) is 5.74. The van der Waals surface area contributed by atoms with Gasteiger partial charge in [0.25, 0.3) is 0 Å². The number of nitrogens with two attached hydrogens (primary N) is 1. The van der Waals surface area contributed by atoms with E-state index in [1.165, 1.54) is 0 Å². The first-order valence-corrected chi connectivity index (χ1v) is 7.48. The van der Waals surface area contributed by atoms with Crippen LogP contribution in [-0.2, 0) is 4.79 Å². The lowest BCUT2D eigenvalue weighted by atomic mass is 9.94. The molecule has 5 heteroatoms. The van der Waals surface area contributed by atoms with Crippen molar-refractivity contribution in [2.45, 2.75) is 58.9 Å². The van der Waals surface area contributed by atoms with Crippen LogP contribution >= 0.6 is 0 Å². The molecule has 0 aromatic carbocycles. The summed E-state index contributed by atoms with van der Waals surface area (Å²) in [6, 6.07) is -0.185. The fourth-order valence-electron chi connectivity index (χ4n) is 2.36. The van der Waals surface area contributed by atoms with Crippen molar-refractivity contribution in [1.29, 1.82) is 0 Å². The van der Waals surface area contributed by atoms with E-state index in [0.29, 0.717) is 24.8 Å². The molecule has 0 radical (unpaired) electrons. The first-order valence-electron chi connectivity index (χ1n) is 7.48. The molecule has 3 N–H and O–H groups in total. The number of nitrogens with one attached hydrogen (secondary N) is 1. The van der Waals surface area contributed by atoms with Gasteiger partial charge in [-0.3, -0.25) is 4.79 Å². The van der Waals surface area contributed by atoms with Crippen LogP contribution in [0.2, 0.25) is 0 Å². The third-order valence-corrected chi connectivity index (χ3v) is 3.44. The number of nitrogens with zero attached hydrogens (tertiary/aromatic N) is 1. The first kappa shape index (κ1) is 16.7. The molecule has 0 bridgehead atoms. The molecule has 0 saturated carbocycles. The number of hydrogen-bond donors (Lipinski definition) is 2. The second-order valence-corrected chi connectivity index (χ2v) is 5.37. The van der Waals surface area contributed by atoms with E-state index < -0.39 is 0 Å². The topological polar surface area (TPSA) is 81.2 Å². The highest BCUT2D eigenvalue weighted by Crippen LogP contribution is 2.18. The second kappa shape index (κ2) is 8.74. The van der Waals surface area contributed by atoms with Crippen molar-refractivity contribution in [2.24, 2.45) is 11.7 Å². The smallest absolute Gasteiger partial charge is 0.220 e. The number of hydrogen-bond acceptors (Lipinski definition) is 4. The number of amides is 1. The molecule has 114 valence electrons. The highest BCUT2D eigenvalue weighted by atomic mass is 16.4. The molecule has 20 heavy (non-hydrogen) atoms. The molecule has 1 amide bonds. The Kier molecular flexibility index (Phi) is 7.30. The summed E-state index contributed by atoms with van der Waals surface area (Å²) < 4.78 is 5.41. The Balaban J connectivity index is 2.35. The summed E-state index contributed by atoms with van der Waals surface area (Å²) in [6.45, 7) is 6.58. The fraction of sp³-hybridized carbons (Fsp3) is 0.733. The van der Waals surface area contributed by atoms with E-state index in [0.717, 1.165) is 31.4 Å². The van der Waals surface area contributed by atoms with Gasteiger partial charge in [0, 0.05) is 6.42 Å². The summed E-state index contributed by atoms with van der Waals surface area (Å²) in [5.41, 5.74) is 5.60. The summed E-state index contributed by atoms with van der Waals surface area (Å²) in [7, 11) is 0. The van der Waals surface area contributed by atoms with Crippen LogP contribution in [0, 0.1) is 12.8 Å². The van der Waals surface area contributed by atoms with Gasteiger partial charge in [0.2, 0.25) is 11.8 Å². The normalized spacial score (nSPS) is 14.0. The van der Waals surface area contributed by atoms with E-state index in [1.54, 1.807) is 6.20 Å². The number of rotatable bonds is 9. The molecule has 1 rings (SSSR count). The Morgan fingerprint density at radius 3 is 2.75 bits per heavy atom. The van der Waals surface area contributed by atoms with Crippen LogP contribution in [0.25, 0.3) is 0 Å². The average molecular weight is 281 g/mol. The van der Waals surface area contributed by atoms with Gasteiger partial charge < -0.3 is 15.5 Å². The molecule has 1 heterocycles. The minimum Gasteiger partial charge on any atom is -0.444 e. The van der Waals surface area contributed by atoms with E-state index in [-0.39, 0.29) is 11.9 Å². The molecule has 0 saturated heterocycles. The molecule has 5 nitrogen and oxygen atoms in total. The van der Waals surface area contributed by atoms with Gasteiger partial charge in [-0.15, -0.1) is 0 Å². The monoisotopic (exact) mass is 281 g/mol. The van der Waals surface area contributed by atoms with E-state index in [1.807, 2.05) is 13.8 Å². The van der Waals surface area contributed by atoms with Gasteiger partial charge in [0.05, 0.1) is 6.20 Å². The van der Waals surface area contributed by atoms with Crippen molar-refractivity contribution >= 4 is 5.91 Å². The zero-order valence-corrected chi connectivity index (χ0v) is 12.8. The number of aromatic nitrogens is 1. The maximum absolute atomic E-state index is 11.9. The minimum atomic E-state index is -0.185. The van der Waals surface area contributed by atoms with Crippen LogP contribution in [0.15, 0.2) is 10.6 Å². The largest absolute Gasteiger partial charge is 0.444 e. The van der Waals surface area contributed by atoms with E-state index >= 15 is 0 Å². The zero-order valence-electron chi connectivity index (χ0n) is 12.8. The highest BCUT2D eigenvalue weighted by Gasteiger charge is 2.15. The average Bonchev–Trinajstić information content (AvgIpc) is 2.83. The Morgan fingerprint density at radius 1 is 1.45 bits per heavy atom.